The predicted octanol–water partition coefficient (Wildman–Crippen LogP) is 2.45. The minimum Gasteiger partial charge on any atom is -0.352 e. The van der Waals surface area contributed by atoms with Crippen LogP contribution in [0.4, 0.5) is 0 Å². The molecule has 2 atom stereocenters. The highest BCUT2D eigenvalue weighted by atomic mass is 35.5. The van der Waals surface area contributed by atoms with Gasteiger partial charge in [0.05, 0.1) is 4.90 Å². The van der Waals surface area contributed by atoms with E-state index in [-0.39, 0.29) is 35.3 Å². The largest absolute Gasteiger partial charge is 0.352 e. The Morgan fingerprint density at radius 3 is 2.69 bits per heavy atom. The molecule has 148 valence electrons. The Bertz CT molecular complexity index is 722. The van der Waals surface area contributed by atoms with Crippen molar-refractivity contribution in [3.63, 3.8) is 0 Å². The fourth-order valence-electron chi connectivity index (χ4n) is 3.08. The molecule has 1 aromatic rings. The molecule has 1 aliphatic heterocycles. The normalized spacial score (nSPS) is 19.5. The van der Waals surface area contributed by atoms with Gasteiger partial charge in [0.2, 0.25) is 10.0 Å². The van der Waals surface area contributed by atoms with E-state index in [1.165, 1.54) is 6.07 Å². The number of piperidine rings is 1. The second-order valence-electron chi connectivity index (χ2n) is 6.96. The van der Waals surface area contributed by atoms with E-state index in [1.807, 2.05) is 13.8 Å². The predicted molar refractivity (Wildman–Crippen MR) is 106 cm³/mol. The lowest BCUT2D eigenvalue weighted by Crippen LogP contribution is -2.42. The molecule has 0 aliphatic carbocycles. The molecule has 6 nitrogen and oxygen atoms in total. The average Bonchev–Trinajstić information content (AvgIpc) is 2.54. The molecule has 26 heavy (non-hydrogen) atoms. The second kappa shape index (κ2) is 9.69. The number of carbonyl (C=O) groups excluding carboxylic acids is 1. The number of carbonyl (C=O) groups is 1. The summed E-state index contributed by atoms with van der Waals surface area (Å²) < 4.78 is 27.5. The van der Waals surface area contributed by atoms with Gasteiger partial charge in [-0.2, -0.15) is 4.31 Å². The lowest BCUT2D eigenvalue weighted by molar-refractivity contribution is 0.0952. The Morgan fingerprint density at radius 2 is 2.08 bits per heavy atom. The third kappa shape index (κ3) is 5.42. The van der Waals surface area contributed by atoms with E-state index in [1.54, 1.807) is 23.4 Å². The molecule has 1 fully saturated rings. The first-order valence-electron chi connectivity index (χ1n) is 8.89. The Labute approximate surface area is 163 Å². The summed E-state index contributed by atoms with van der Waals surface area (Å²) >= 11 is 0. The maximum Gasteiger partial charge on any atom is 0.251 e. The lowest BCUT2D eigenvalue weighted by Gasteiger charge is -2.32. The number of aryl methyl sites for hydroxylation is 1. The summed E-state index contributed by atoms with van der Waals surface area (Å²) in [6.45, 7) is 6.63. The van der Waals surface area contributed by atoms with Crippen molar-refractivity contribution in [2.45, 2.75) is 63.4 Å². The number of halogens is 1. The molecular formula is C18H30ClN3O3S. The van der Waals surface area contributed by atoms with Gasteiger partial charge in [-0.1, -0.05) is 12.5 Å². The van der Waals surface area contributed by atoms with Crippen LogP contribution in [0.25, 0.3) is 0 Å². The van der Waals surface area contributed by atoms with Gasteiger partial charge < -0.3 is 11.1 Å². The molecule has 3 N–H and O–H groups in total. The molecule has 0 radical (unpaired) electrons. The molecule has 0 spiro atoms. The summed E-state index contributed by atoms with van der Waals surface area (Å²) in [6, 6.07) is 4.77. The number of amides is 1. The van der Waals surface area contributed by atoms with Crippen molar-refractivity contribution in [1.82, 2.24) is 9.62 Å². The van der Waals surface area contributed by atoms with Gasteiger partial charge in [-0.05, 0) is 57.7 Å². The van der Waals surface area contributed by atoms with E-state index in [2.05, 4.69) is 5.32 Å². The van der Waals surface area contributed by atoms with Crippen molar-refractivity contribution in [3.05, 3.63) is 29.3 Å². The lowest BCUT2D eigenvalue weighted by atomic mass is 10.1. The van der Waals surface area contributed by atoms with E-state index in [4.69, 9.17) is 5.73 Å². The van der Waals surface area contributed by atoms with Gasteiger partial charge in [0, 0.05) is 30.7 Å². The molecule has 1 aromatic carbocycles. The van der Waals surface area contributed by atoms with Crippen LogP contribution in [0.1, 0.15) is 55.5 Å². The highest BCUT2D eigenvalue weighted by molar-refractivity contribution is 7.89. The van der Waals surface area contributed by atoms with Gasteiger partial charge in [0.15, 0.2) is 0 Å². The highest BCUT2D eigenvalue weighted by Crippen LogP contribution is 2.26. The molecular weight excluding hydrogens is 374 g/mol. The monoisotopic (exact) mass is 403 g/mol. The Balaban J connectivity index is 0.00000338. The van der Waals surface area contributed by atoms with Gasteiger partial charge >= 0.3 is 0 Å². The van der Waals surface area contributed by atoms with E-state index in [0.29, 0.717) is 25.1 Å². The van der Waals surface area contributed by atoms with Gasteiger partial charge in [-0.25, -0.2) is 8.42 Å². The van der Waals surface area contributed by atoms with E-state index in [9.17, 15) is 13.2 Å². The molecule has 8 heteroatoms. The van der Waals surface area contributed by atoms with Crippen LogP contribution < -0.4 is 11.1 Å². The number of hydrogen-bond donors (Lipinski definition) is 2. The SMILES string of the molecule is Cc1ccc(S(=O)(=O)N2CCCCC2C)cc1C(=O)NCCC(C)N.Cl. The number of nitrogens with zero attached hydrogens (tertiary/aromatic N) is 1. The first kappa shape index (κ1) is 22.9. The zero-order chi connectivity index (χ0) is 18.6. The maximum atomic E-state index is 13.0. The third-order valence-corrected chi connectivity index (χ3v) is 6.70. The topological polar surface area (TPSA) is 92.5 Å². The molecule has 0 saturated carbocycles. The van der Waals surface area contributed by atoms with Crippen LogP contribution in [0.5, 0.6) is 0 Å². The standard InChI is InChI=1S/C18H29N3O3S.ClH/c1-13-7-8-16(12-17(13)18(22)20-10-9-14(2)19)25(23,24)21-11-5-4-6-15(21)3;/h7-8,12,14-15H,4-6,9-11,19H2,1-3H3,(H,20,22);1H. The maximum absolute atomic E-state index is 13.0. The van der Waals surface area contributed by atoms with E-state index < -0.39 is 10.0 Å². The minimum absolute atomic E-state index is 0. The number of nitrogens with two attached hydrogens (primary N) is 1. The van der Waals surface area contributed by atoms with Crippen molar-refractivity contribution in [3.8, 4) is 0 Å². The summed E-state index contributed by atoms with van der Waals surface area (Å²) in [5, 5.41) is 2.81. The summed E-state index contributed by atoms with van der Waals surface area (Å²) in [5.41, 5.74) is 6.84. The first-order chi connectivity index (χ1) is 11.7. The molecule has 2 unspecified atom stereocenters. The van der Waals surface area contributed by atoms with Crippen LogP contribution in [0.3, 0.4) is 0 Å². The van der Waals surface area contributed by atoms with Crippen LogP contribution in [0.15, 0.2) is 23.1 Å². The summed E-state index contributed by atoms with van der Waals surface area (Å²) in [4.78, 5) is 12.6. The molecule has 0 bridgehead atoms. The van der Waals surface area contributed by atoms with Gasteiger partial charge in [-0.3, -0.25) is 4.79 Å². The third-order valence-electron chi connectivity index (χ3n) is 4.69. The highest BCUT2D eigenvalue weighted by Gasteiger charge is 2.31. The van der Waals surface area contributed by atoms with Crippen molar-refractivity contribution >= 4 is 28.3 Å². The Morgan fingerprint density at radius 1 is 1.38 bits per heavy atom. The molecule has 1 amide bonds. The van der Waals surface area contributed by atoms with Crippen LogP contribution >= 0.6 is 12.4 Å². The number of sulfonamides is 1. The number of hydrogen-bond acceptors (Lipinski definition) is 4. The van der Waals surface area contributed by atoms with Gasteiger partial charge in [0.1, 0.15) is 0 Å². The van der Waals surface area contributed by atoms with E-state index >= 15 is 0 Å². The van der Waals surface area contributed by atoms with E-state index in [0.717, 1.165) is 24.8 Å². The van der Waals surface area contributed by atoms with Crippen molar-refractivity contribution in [2.24, 2.45) is 5.73 Å². The van der Waals surface area contributed by atoms with Crippen LogP contribution in [-0.2, 0) is 10.0 Å². The Hall–Kier alpha value is -1.15. The van der Waals surface area contributed by atoms with Gasteiger partial charge in [0.25, 0.3) is 5.91 Å². The summed E-state index contributed by atoms with van der Waals surface area (Å²) in [6.07, 6.45) is 3.47. The molecule has 1 saturated heterocycles. The van der Waals surface area contributed by atoms with Crippen molar-refractivity contribution in [2.75, 3.05) is 13.1 Å². The first-order valence-corrected chi connectivity index (χ1v) is 10.3. The zero-order valence-electron chi connectivity index (χ0n) is 15.7. The number of nitrogens with one attached hydrogen (secondary N) is 1. The van der Waals surface area contributed by atoms with Crippen molar-refractivity contribution < 1.29 is 13.2 Å². The quantitative estimate of drug-likeness (QED) is 0.762. The number of rotatable bonds is 6. The Kier molecular flexibility index (Phi) is 8.53. The molecule has 0 aromatic heterocycles. The fraction of sp³-hybridized carbons (Fsp3) is 0.611. The van der Waals surface area contributed by atoms with Gasteiger partial charge in [-0.15, -0.1) is 12.4 Å². The smallest absolute Gasteiger partial charge is 0.251 e. The van der Waals surface area contributed by atoms with Crippen LogP contribution in [0.2, 0.25) is 0 Å². The van der Waals surface area contributed by atoms with Crippen molar-refractivity contribution in [1.29, 1.82) is 0 Å². The molecule has 1 heterocycles. The fourth-order valence-corrected chi connectivity index (χ4v) is 4.81. The molecule has 2 rings (SSSR count). The van der Waals surface area contributed by atoms with Crippen LogP contribution in [-0.4, -0.2) is 43.8 Å². The van der Waals surface area contributed by atoms with Crippen LogP contribution in [0, 0.1) is 6.92 Å². The zero-order valence-corrected chi connectivity index (χ0v) is 17.3. The summed E-state index contributed by atoms with van der Waals surface area (Å²) in [5.74, 6) is -0.262. The summed E-state index contributed by atoms with van der Waals surface area (Å²) in [7, 11) is -3.58. The number of benzene rings is 1. The molecule has 1 aliphatic rings. The second-order valence-corrected chi connectivity index (χ2v) is 8.85. The average molecular weight is 404 g/mol. The minimum atomic E-state index is -3.58.